The van der Waals surface area contributed by atoms with Gasteiger partial charge in [0.2, 0.25) is 0 Å². The fraction of sp³-hybridized carbons (Fsp3) is 0.242. The first kappa shape index (κ1) is 28.3. The molecule has 5 aromatic rings. The molecule has 1 aliphatic rings. The zero-order chi connectivity index (χ0) is 30.1. The molecule has 10 heteroatoms. The van der Waals surface area contributed by atoms with Crippen LogP contribution >= 0.6 is 0 Å². The number of aryl methyl sites for hydroxylation is 1. The second-order valence-electron chi connectivity index (χ2n) is 10.7. The van der Waals surface area contributed by atoms with E-state index in [-0.39, 0.29) is 28.3 Å². The number of aromatic nitrogens is 3. The van der Waals surface area contributed by atoms with E-state index in [0.29, 0.717) is 47.7 Å². The van der Waals surface area contributed by atoms with Gasteiger partial charge in [0, 0.05) is 19.3 Å². The number of benzene rings is 2. The summed E-state index contributed by atoms with van der Waals surface area (Å²) in [7, 11) is 1.59. The highest BCUT2D eigenvalue weighted by Crippen LogP contribution is 2.33. The van der Waals surface area contributed by atoms with Crippen LogP contribution in [-0.2, 0) is 6.54 Å². The minimum atomic E-state index is -0.752. The third-order valence-electron chi connectivity index (χ3n) is 7.79. The van der Waals surface area contributed by atoms with E-state index >= 15 is 0 Å². The van der Waals surface area contributed by atoms with Gasteiger partial charge in [0.05, 0.1) is 59.5 Å². The zero-order valence-corrected chi connectivity index (χ0v) is 23.8. The van der Waals surface area contributed by atoms with Gasteiger partial charge >= 0.3 is 0 Å². The Morgan fingerprint density at radius 2 is 1.77 bits per heavy atom. The van der Waals surface area contributed by atoms with Gasteiger partial charge in [0.15, 0.2) is 0 Å². The number of anilines is 3. The molecule has 0 atom stereocenters. The minimum Gasteiger partial charge on any atom is -0.497 e. The monoisotopic (exact) mass is 583 g/mol. The normalized spacial score (nSPS) is 13.8. The highest BCUT2D eigenvalue weighted by Gasteiger charge is 2.21. The maximum absolute atomic E-state index is 14.9. The number of pyridine rings is 3. The van der Waals surface area contributed by atoms with E-state index in [1.807, 2.05) is 37.3 Å². The quantitative estimate of drug-likeness (QED) is 0.250. The van der Waals surface area contributed by atoms with Crippen molar-refractivity contribution < 1.29 is 18.6 Å². The molecule has 0 spiro atoms. The Morgan fingerprint density at radius 3 is 2.42 bits per heavy atom. The van der Waals surface area contributed by atoms with E-state index in [1.54, 1.807) is 30.1 Å². The lowest BCUT2D eigenvalue weighted by atomic mass is 10.1. The van der Waals surface area contributed by atoms with Crippen molar-refractivity contribution in [2.24, 2.45) is 0 Å². The molecule has 220 valence electrons. The van der Waals surface area contributed by atoms with Crippen LogP contribution in [0.4, 0.5) is 26.0 Å². The maximum atomic E-state index is 14.9. The highest BCUT2D eigenvalue weighted by molar-refractivity contribution is 5.96. The lowest BCUT2D eigenvalue weighted by Gasteiger charge is -2.31. The fourth-order valence-corrected chi connectivity index (χ4v) is 5.47. The molecule has 1 fully saturated rings. The number of aliphatic hydroxyl groups excluding tert-OH is 1. The van der Waals surface area contributed by atoms with Gasteiger partial charge in [-0.3, -0.25) is 4.79 Å². The number of piperidine rings is 1. The molecule has 4 heterocycles. The molecule has 0 amide bonds. The van der Waals surface area contributed by atoms with Crippen LogP contribution in [0, 0.1) is 18.6 Å². The Morgan fingerprint density at radius 1 is 1.05 bits per heavy atom. The minimum absolute atomic E-state index is 0.0597. The number of rotatable bonds is 7. The van der Waals surface area contributed by atoms with E-state index in [1.165, 1.54) is 24.3 Å². The smallest absolute Gasteiger partial charge is 0.262 e. The summed E-state index contributed by atoms with van der Waals surface area (Å²) >= 11 is 0. The van der Waals surface area contributed by atoms with Crippen LogP contribution < -0.4 is 20.5 Å². The van der Waals surface area contributed by atoms with Crippen molar-refractivity contribution in [1.82, 2.24) is 14.5 Å². The van der Waals surface area contributed by atoms with Crippen LogP contribution in [0.3, 0.4) is 0 Å². The number of ether oxygens (including phenoxy) is 1. The van der Waals surface area contributed by atoms with Crippen LogP contribution in [0.5, 0.6) is 5.75 Å². The summed E-state index contributed by atoms with van der Waals surface area (Å²) in [5.74, 6) is -0.337. The van der Waals surface area contributed by atoms with Crippen molar-refractivity contribution in [1.29, 1.82) is 0 Å². The van der Waals surface area contributed by atoms with Crippen molar-refractivity contribution in [2.75, 3.05) is 30.4 Å². The third kappa shape index (κ3) is 5.78. The SMILES string of the molecule is COc1ccc(Cn2cc(C)c3nc(-c4c(F)cccc4F)cc(Nc4ccc(N5CCC(O)CC5)cn4)c3c2=O)cc1. The molecule has 43 heavy (non-hydrogen) atoms. The van der Waals surface area contributed by atoms with Crippen LogP contribution in [-0.4, -0.2) is 45.9 Å². The van der Waals surface area contributed by atoms with Crippen molar-refractivity contribution in [3.8, 4) is 17.0 Å². The molecular weight excluding hydrogens is 552 g/mol. The number of nitrogens with zero attached hydrogens (tertiary/aromatic N) is 4. The molecule has 0 radical (unpaired) electrons. The Balaban J connectivity index is 1.44. The standard InChI is InChI=1S/C33H31F2N5O3/c1-20-18-40(19-21-6-9-24(43-2)10-7-21)33(42)31-28(16-27(38-32(20)31)30-25(34)4-3-5-26(30)35)37-29-11-8-22(17-36-29)39-14-12-23(41)13-15-39/h3-11,16-18,23,41H,12-15,19H2,1-2H3,(H,36,37,38). The van der Waals surface area contributed by atoms with Crippen LogP contribution in [0.15, 0.2) is 77.9 Å². The first-order valence-electron chi connectivity index (χ1n) is 14.1. The molecule has 8 nitrogen and oxygen atoms in total. The summed E-state index contributed by atoms with van der Waals surface area (Å²) in [4.78, 5) is 25.3. The number of halogens is 2. The first-order chi connectivity index (χ1) is 20.8. The van der Waals surface area contributed by atoms with Gasteiger partial charge in [0.25, 0.3) is 5.56 Å². The first-order valence-corrected chi connectivity index (χ1v) is 14.1. The van der Waals surface area contributed by atoms with E-state index in [2.05, 4.69) is 20.2 Å². The van der Waals surface area contributed by atoms with Crippen molar-refractivity contribution in [3.63, 3.8) is 0 Å². The van der Waals surface area contributed by atoms with Crippen molar-refractivity contribution >= 4 is 28.1 Å². The van der Waals surface area contributed by atoms with Crippen LogP contribution in [0.25, 0.3) is 22.2 Å². The number of hydrogen-bond acceptors (Lipinski definition) is 7. The van der Waals surface area contributed by atoms with Gasteiger partial charge in [-0.05, 0) is 73.4 Å². The number of methoxy groups -OCH3 is 1. The molecule has 0 aliphatic carbocycles. The molecule has 0 unspecified atom stereocenters. The van der Waals surface area contributed by atoms with Crippen LogP contribution in [0.1, 0.15) is 24.0 Å². The Kier molecular flexibility index (Phi) is 7.77. The van der Waals surface area contributed by atoms with E-state index in [9.17, 15) is 18.7 Å². The Hall–Kier alpha value is -4.83. The Labute approximate surface area is 247 Å². The lowest BCUT2D eigenvalue weighted by Crippen LogP contribution is -2.35. The molecular formula is C33H31F2N5O3. The topological polar surface area (TPSA) is 92.5 Å². The Bertz CT molecular complexity index is 1810. The van der Waals surface area contributed by atoms with Gasteiger partial charge in [-0.15, -0.1) is 0 Å². The number of fused-ring (bicyclic) bond motifs is 1. The van der Waals surface area contributed by atoms with Gasteiger partial charge in [-0.2, -0.15) is 0 Å². The summed E-state index contributed by atoms with van der Waals surface area (Å²) in [5.41, 5.74) is 2.63. The maximum Gasteiger partial charge on any atom is 0.262 e. The average Bonchev–Trinajstić information content (AvgIpc) is 3.01. The second-order valence-corrected chi connectivity index (χ2v) is 10.7. The average molecular weight is 584 g/mol. The summed E-state index contributed by atoms with van der Waals surface area (Å²) in [5, 5.41) is 13.3. The lowest BCUT2D eigenvalue weighted by molar-refractivity contribution is 0.145. The van der Waals surface area contributed by atoms with Gasteiger partial charge in [-0.1, -0.05) is 18.2 Å². The zero-order valence-electron chi connectivity index (χ0n) is 23.8. The fourth-order valence-electron chi connectivity index (χ4n) is 5.47. The van der Waals surface area contributed by atoms with E-state index in [0.717, 1.165) is 24.3 Å². The predicted octanol–water partition coefficient (Wildman–Crippen LogP) is 5.81. The van der Waals surface area contributed by atoms with E-state index in [4.69, 9.17) is 4.74 Å². The van der Waals surface area contributed by atoms with Crippen LogP contribution in [0.2, 0.25) is 0 Å². The summed E-state index contributed by atoms with van der Waals surface area (Å²) in [6.07, 6.45) is 4.54. The largest absolute Gasteiger partial charge is 0.497 e. The second kappa shape index (κ2) is 11.8. The third-order valence-corrected chi connectivity index (χ3v) is 7.79. The molecule has 0 saturated carbocycles. The summed E-state index contributed by atoms with van der Waals surface area (Å²) in [6, 6.07) is 16.3. The number of aliphatic hydroxyl groups is 1. The summed E-state index contributed by atoms with van der Waals surface area (Å²) in [6.45, 7) is 3.58. The molecule has 2 aromatic carbocycles. The number of hydrogen-bond donors (Lipinski definition) is 2. The van der Waals surface area contributed by atoms with Gasteiger partial charge in [-0.25, -0.2) is 18.7 Å². The number of nitrogens with one attached hydrogen (secondary N) is 1. The molecule has 0 bridgehead atoms. The van der Waals surface area contributed by atoms with Gasteiger partial charge in [0.1, 0.15) is 23.2 Å². The highest BCUT2D eigenvalue weighted by atomic mass is 19.1. The summed E-state index contributed by atoms with van der Waals surface area (Å²) < 4.78 is 36.6. The molecule has 6 rings (SSSR count). The molecule has 2 N–H and O–H groups in total. The van der Waals surface area contributed by atoms with Crippen molar-refractivity contribution in [2.45, 2.75) is 32.4 Å². The molecule has 1 aliphatic heterocycles. The predicted molar refractivity (Wildman–Crippen MR) is 163 cm³/mol. The van der Waals surface area contributed by atoms with E-state index < -0.39 is 11.6 Å². The molecule has 3 aromatic heterocycles. The van der Waals surface area contributed by atoms with Crippen molar-refractivity contribution in [3.05, 3.63) is 106 Å². The van der Waals surface area contributed by atoms with Gasteiger partial charge < -0.3 is 24.6 Å². The molecule has 1 saturated heterocycles.